The van der Waals surface area contributed by atoms with Crippen molar-refractivity contribution in [2.75, 3.05) is 13.7 Å². The van der Waals surface area contributed by atoms with Gasteiger partial charge in [-0.3, -0.25) is 4.90 Å². The molecule has 0 N–H and O–H groups in total. The molecular weight excluding hydrogens is 282 g/mol. The summed E-state index contributed by atoms with van der Waals surface area (Å²) >= 11 is 0. The van der Waals surface area contributed by atoms with Crippen LogP contribution in [0.3, 0.4) is 0 Å². The molecule has 2 bridgehead atoms. The number of likely N-dealkylation sites (tertiary alicyclic amines) is 1. The molecule has 23 heavy (non-hydrogen) atoms. The summed E-state index contributed by atoms with van der Waals surface area (Å²) in [4.78, 5) is 2.67. The van der Waals surface area contributed by atoms with Crippen LogP contribution < -0.4 is 4.74 Å². The lowest BCUT2D eigenvalue weighted by atomic mass is 9.65. The number of hydrogen-bond acceptors (Lipinski definition) is 2. The summed E-state index contributed by atoms with van der Waals surface area (Å²) in [6.45, 7) is 4.69. The lowest BCUT2D eigenvalue weighted by molar-refractivity contribution is 0.0799. The second-order valence-electron chi connectivity index (χ2n) is 7.32. The Morgan fingerprint density at radius 1 is 1.13 bits per heavy atom. The average molecular weight is 307 g/mol. The molecule has 0 aromatic heterocycles. The van der Waals surface area contributed by atoms with Gasteiger partial charge in [0, 0.05) is 12.6 Å². The fraction of sp³-hybridized carbons (Fsp3) is 0.429. The van der Waals surface area contributed by atoms with Crippen molar-refractivity contribution < 1.29 is 4.74 Å². The molecule has 1 fully saturated rings. The van der Waals surface area contributed by atoms with Crippen LogP contribution in [0.4, 0.5) is 0 Å². The van der Waals surface area contributed by atoms with Gasteiger partial charge in [0.05, 0.1) is 7.11 Å². The standard InChI is InChI=1S/C21H25NO/c1-21-11-12-22(15-16-7-4-3-5-8-16)17(14-21)13-18-19(21)9-6-10-20(18)23-2/h3-10,17H,11-15H2,1-2H3/t17-,21-/m1/s1. The van der Waals surface area contributed by atoms with Crippen molar-refractivity contribution in [3.63, 3.8) is 0 Å². The van der Waals surface area contributed by atoms with Crippen molar-refractivity contribution in [2.24, 2.45) is 0 Å². The molecule has 2 aromatic carbocycles. The summed E-state index contributed by atoms with van der Waals surface area (Å²) in [5.74, 6) is 1.07. The van der Waals surface area contributed by atoms with Crippen LogP contribution in [-0.4, -0.2) is 24.6 Å². The van der Waals surface area contributed by atoms with Crippen molar-refractivity contribution >= 4 is 0 Å². The molecular formula is C21H25NO. The zero-order chi connectivity index (χ0) is 15.9. The normalized spacial score (nSPS) is 26.6. The maximum Gasteiger partial charge on any atom is 0.122 e. The third-order valence-electron chi connectivity index (χ3n) is 5.82. The number of piperidine rings is 1. The van der Waals surface area contributed by atoms with Gasteiger partial charge in [-0.15, -0.1) is 0 Å². The number of rotatable bonds is 3. The highest BCUT2D eigenvalue weighted by Crippen LogP contribution is 2.47. The minimum Gasteiger partial charge on any atom is -0.496 e. The number of nitrogens with zero attached hydrogens (tertiary/aromatic N) is 1. The summed E-state index contributed by atoms with van der Waals surface area (Å²) in [6, 6.07) is 18.1. The van der Waals surface area contributed by atoms with Crippen molar-refractivity contribution in [3.05, 3.63) is 65.2 Å². The number of fused-ring (bicyclic) bond motifs is 4. The smallest absolute Gasteiger partial charge is 0.122 e. The van der Waals surface area contributed by atoms with Crippen molar-refractivity contribution in [3.8, 4) is 5.75 Å². The van der Waals surface area contributed by atoms with Crippen molar-refractivity contribution in [1.82, 2.24) is 4.90 Å². The molecule has 2 aliphatic rings. The van der Waals surface area contributed by atoms with E-state index < -0.39 is 0 Å². The van der Waals surface area contributed by atoms with Crippen molar-refractivity contribution in [2.45, 2.75) is 44.2 Å². The van der Waals surface area contributed by atoms with E-state index in [1.807, 2.05) is 0 Å². The summed E-state index contributed by atoms with van der Waals surface area (Å²) in [5.41, 5.74) is 4.68. The molecule has 1 saturated heterocycles. The zero-order valence-corrected chi connectivity index (χ0v) is 14.1. The quantitative estimate of drug-likeness (QED) is 0.843. The highest BCUT2D eigenvalue weighted by Gasteiger charge is 2.43. The van der Waals surface area contributed by atoms with E-state index in [0.717, 1.165) is 18.7 Å². The van der Waals surface area contributed by atoms with E-state index in [4.69, 9.17) is 4.74 Å². The predicted octanol–water partition coefficient (Wildman–Crippen LogP) is 4.17. The Labute approximate surface area is 139 Å². The molecule has 2 aromatic rings. The maximum atomic E-state index is 5.66. The van der Waals surface area contributed by atoms with Gasteiger partial charge in [0.25, 0.3) is 0 Å². The van der Waals surface area contributed by atoms with E-state index in [9.17, 15) is 0 Å². The van der Waals surface area contributed by atoms with Crippen LogP contribution >= 0.6 is 0 Å². The van der Waals surface area contributed by atoms with Crippen LogP contribution in [0.2, 0.25) is 0 Å². The molecule has 2 atom stereocenters. The second-order valence-corrected chi connectivity index (χ2v) is 7.32. The number of hydrogen-bond donors (Lipinski definition) is 0. The van der Waals surface area contributed by atoms with Crippen LogP contribution in [0.5, 0.6) is 5.75 Å². The third-order valence-corrected chi connectivity index (χ3v) is 5.82. The molecule has 1 aliphatic carbocycles. The molecule has 2 nitrogen and oxygen atoms in total. The van der Waals surface area contributed by atoms with Gasteiger partial charge in [0.15, 0.2) is 0 Å². The van der Waals surface area contributed by atoms with Crippen molar-refractivity contribution in [1.29, 1.82) is 0 Å². The van der Waals surface area contributed by atoms with E-state index in [-0.39, 0.29) is 0 Å². The molecule has 1 aliphatic heterocycles. The number of methoxy groups -OCH3 is 1. The summed E-state index contributed by atoms with van der Waals surface area (Å²) in [7, 11) is 1.80. The number of benzene rings is 2. The first-order chi connectivity index (χ1) is 11.2. The van der Waals surface area contributed by atoms with Crippen LogP contribution in [0.25, 0.3) is 0 Å². The average Bonchev–Trinajstić information content (AvgIpc) is 2.58. The molecule has 4 rings (SSSR count). The Morgan fingerprint density at radius 2 is 1.96 bits per heavy atom. The first-order valence-electron chi connectivity index (χ1n) is 8.64. The van der Waals surface area contributed by atoms with Crippen LogP contribution in [-0.2, 0) is 18.4 Å². The minimum absolute atomic E-state index is 0.306. The van der Waals surface area contributed by atoms with Crippen LogP contribution in [0.1, 0.15) is 36.5 Å². The largest absolute Gasteiger partial charge is 0.496 e. The first-order valence-corrected chi connectivity index (χ1v) is 8.64. The third kappa shape index (κ3) is 2.55. The molecule has 0 saturated carbocycles. The summed E-state index contributed by atoms with van der Waals surface area (Å²) < 4.78 is 5.66. The summed E-state index contributed by atoms with van der Waals surface area (Å²) in [6.07, 6.45) is 3.61. The molecule has 120 valence electrons. The van der Waals surface area contributed by atoms with Gasteiger partial charge >= 0.3 is 0 Å². The van der Waals surface area contributed by atoms with Gasteiger partial charge in [0.1, 0.15) is 5.75 Å². The second kappa shape index (κ2) is 5.68. The molecule has 0 amide bonds. The predicted molar refractivity (Wildman–Crippen MR) is 93.9 cm³/mol. The highest BCUT2D eigenvalue weighted by molar-refractivity contribution is 5.47. The Morgan fingerprint density at radius 3 is 2.74 bits per heavy atom. The minimum atomic E-state index is 0.306. The van der Waals surface area contributed by atoms with Crippen LogP contribution in [0, 0.1) is 0 Å². The Hall–Kier alpha value is -1.80. The van der Waals surface area contributed by atoms with Gasteiger partial charge in [-0.25, -0.2) is 0 Å². The molecule has 0 spiro atoms. The van der Waals surface area contributed by atoms with Gasteiger partial charge in [-0.1, -0.05) is 49.4 Å². The van der Waals surface area contributed by atoms with Gasteiger partial charge in [-0.2, -0.15) is 0 Å². The molecule has 0 unspecified atom stereocenters. The Bertz CT molecular complexity index is 696. The fourth-order valence-electron chi connectivity index (χ4n) is 4.56. The van der Waals surface area contributed by atoms with E-state index in [1.54, 1.807) is 7.11 Å². The molecule has 0 radical (unpaired) electrons. The van der Waals surface area contributed by atoms with E-state index in [1.165, 1.54) is 36.1 Å². The molecule has 1 heterocycles. The van der Waals surface area contributed by atoms with E-state index in [0.29, 0.717) is 11.5 Å². The van der Waals surface area contributed by atoms with Gasteiger partial charge < -0.3 is 4.74 Å². The van der Waals surface area contributed by atoms with E-state index in [2.05, 4.69) is 60.4 Å². The number of ether oxygens (including phenoxy) is 1. The van der Waals surface area contributed by atoms with Crippen LogP contribution in [0.15, 0.2) is 48.5 Å². The topological polar surface area (TPSA) is 12.5 Å². The SMILES string of the molecule is COc1cccc2c1C[C@@H]1C[C@@]2(C)CCN1Cc1ccccc1. The summed E-state index contributed by atoms with van der Waals surface area (Å²) in [5, 5.41) is 0. The Balaban J connectivity index is 1.65. The maximum absolute atomic E-state index is 5.66. The molecule has 2 heteroatoms. The van der Waals surface area contributed by atoms with Gasteiger partial charge in [-0.05, 0) is 54.0 Å². The fourth-order valence-corrected chi connectivity index (χ4v) is 4.56. The monoisotopic (exact) mass is 307 g/mol. The lowest BCUT2D eigenvalue weighted by Crippen LogP contribution is -2.51. The highest BCUT2D eigenvalue weighted by atomic mass is 16.5. The van der Waals surface area contributed by atoms with Gasteiger partial charge in [0.2, 0.25) is 0 Å². The first kappa shape index (κ1) is 14.8. The Kier molecular flexibility index (Phi) is 3.65. The zero-order valence-electron chi connectivity index (χ0n) is 14.1. The van der Waals surface area contributed by atoms with E-state index >= 15 is 0 Å². The lowest BCUT2D eigenvalue weighted by Gasteiger charge is -2.50.